The van der Waals surface area contributed by atoms with Crippen molar-refractivity contribution in [1.82, 2.24) is 5.32 Å². The Kier molecular flexibility index (Phi) is 5.01. The third-order valence-corrected chi connectivity index (χ3v) is 3.08. The van der Waals surface area contributed by atoms with E-state index < -0.39 is 6.04 Å². The largest absolute Gasteiger partial charge is 0.486 e. The van der Waals surface area contributed by atoms with E-state index in [2.05, 4.69) is 11.9 Å². The molecule has 0 spiro atoms. The summed E-state index contributed by atoms with van der Waals surface area (Å²) in [6.45, 7) is 5.27. The topological polar surface area (TPSA) is 73.6 Å². The zero-order valence-corrected chi connectivity index (χ0v) is 11.4. The lowest BCUT2D eigenvalue weighted by Gasteiger charge is -2.19. The van der Waals surface area contributed by atoms with Crippen LogP contribution in [-0.4, -0.2) is 31.7 Å². The Morgan fingerprint density at radius 2 is 2.15 bits per heavy atom. The first-order valence-corrected chi connectivity index (χ1v) is 6.73. The van der Waals surface area contributed by atoms with Crippen molar-refractivity contribution in [2.75, 3.05) is 19.8 Å². The molecule has 5 nitrogen and oxygen atoms in total. The summed E-state index contributed by atoms with van der Waals surface area (Å²) in [5.74, 6) is 1.39. The third-order valence-electron chi connectivity index (χ3n) is 3.08. The second kappa shape index (κ2) is 6.96. The van der Waals surface area contributed by atoms with E-state index in [1.807, 2.05) is 18.2 Å². The van der Waals surface area contributed by atoms with Crippen LogP contribution in [0.15, 0.2) is 30.9 Å². The highest BCUT2D eigenvalue weighted by Gasteiger charge is 2.13. The van der Waals surface area contributed by atoms with Crippen molar-refractivity contribution in [3.63, 3.8) is 0 Å². The predicted molar refractivity (Wildman–Crippen MR) is 76.9 cm³/mol. The molecule has 1 unspecified atom stereocenters. The fourth-order valence-corrected chi connectivity index (χ4v) is 1.99. The van der Waals surface area contributed by atoms with Crippen LogP contribution in [0.25, 0.3) is 0 Å². The molecule has 1 amide bonds. The number of amides is 1. The summed E-state index contributed by atoms with van der Waals surface area (Å²) < 4.78 is 11.0. The number of nitrogens with one attached hydrogen (secondary N) is 1. The first-order valence-electron chi connectivity index (χ1n) is 6.73. The number of ether oxygens (including phenoxy) is 2. The summed E-state index contributed by atoms with van der Waals surface area (Å²) in [7, 11) is 0. The van der Waals surface area contributed by atoms with Crippen LogP contribution in [0.1, 0.15) is 12.0 Å². The van der Waals surface area contributed by atoms with Gasteiger partial charge in [-0.3, -0.25) is 4.79 Å². The fourth-order valence-electron chi connectivity index (χ4n) is 1.99. The van der Waals surface area contributed by atoms with Crippen LogP contribution in [0, 0.1) is 0 Å². The molecule has 0 bridgehead atoms. The molecular weight excluding hydrogens is 256 g/mol. The summed E-state index contributed by atoms with van der Waals surface area (Å²) >= 11 is 0. The minimum absolute atomic E-state index is 0.151. The van der Waals surface area contributed by atoms with Gasteiger partial charge in [-0.2, -0.15) is 0 Å². The predicted octanol–water partition coefficient (Wildman–Crippen LogP) is 1.02. The number of benzene rings is 1. The molecule has 1 heterocycles. The number of rotatable bonds is 6. The summed E-state index contributed by atoms with van der Waals surface area (Å²) in [6.07, 6.45) is 2.85. The third kappa shape index (κ3) is 3.74. The highest BCUT2D eigenvalue weighted by atomic mass is 16.6. The molecule has 0 aromatic heterocycles. The Morgan fingerprint density at radius 3 is 2.90 bits per heavy atom. The van der Waals surface area contributed by atoms with Gasteiger partial charge in [0.1, 0.15) is 13.2 Å². The molecule has 5 heteroatoms. The Bertz CT molecular complexity index is 488. The zero-order valence-electron chi connectivity index (χ0n) is 11.4. The SMILES string of the molecule is C=CCC(N)C(=O)NCCc1ccc2c(c1)OCCO2. The lowest BCUT2D eigenvalue weighted by molar-refractivity contribution is -0.122. The van der Waals surface area contributed by atoms with E-state index in [0.29, 0.717) is 26.2 Å². The summed E-state index contributed by atoms with van der Waals surface area (Å²) in [5.41, 5.74) is 6.77. The van der Waals surface area contributed by atoms with E-state index in [9.17, 15) is 4.79 Å². The van der Waals surface area contributed by atoms with Gasteiger partial charge in [-0.05, 0) is 30.5 Å². The Morgan fingerprint density at radius 1 is 1.40 bits per heavy atom. The van der Waals surface area contributed by atoms with Gasteiger partial charge in [-0.1, -0.05) is 12.1 Å². The van der Waals surface area contributed by atoms with Gasteiger partial charge in [0, 0.05) is 6.54 Å². The summed E-state index contributed by atoms with van der Waals surface area (Å²) in [6, 6.07) is 5.30. The van der Waals surface area contributed by atoms with Gasteiger partial charge in [0.2, 0.25) is 5.91 Å². The van der Waals surface area contributed by atoms with Gasteiger partial charge in [-0.15, -0.1) is 6.58 Å². The monoisotopic (exact) mass is 276 g/mol. The molecule has 2 rings (SSSR count). The smallest absolute Gasteiger partial charge is 0.237 e. The molecule has 0 aliphatic carbocycles. The van der Waals surface area contributed by atoms with E-state index >= 15 is 0 Å². The van der Waals surface area contributed by atoms with E-state index in [-0.39, 0.29) is 5.91 Å². The fraction of sp³-hybridized carbons (Fsp3) is 0.400. The van der Waals surface area contributed by atoms with Gasteiger partial charge < -0.3 is 20.5 Å². The minimum Gasteiger partial charge on any atom is -0.486 e. The molecule has 1 atom stereocenters. The van der Waals surface area contributed by atoms with Gasteiger partial charge in [0.15, 0.2) is 11.5 Å². The van der Waals surface area contributed by atoms with E-state index in [1.165, 1.54) is 0 Å². The Labute approximate surface area is 118 Å². The van der Waals surface area contributed by atoms with Crippen molar-refractivity contribution in [2.45, 2.75) is 18.9 Å². The zero-order chi connectivity index (χ0) is 14.4. The van der Waals surface area contributed by atoms with Crippen LogP contribution < -0.4 is 20.5 Å². The normalized spacial score (nSPS) is 14.4. The van der Waals surface area contributed by atoms with Crippen LogP contribution in [0.4, 0.5) is 0 Å². The van der Waals surface area contributed by atoms with Crippen molar-refractivity contribution in [3.05, 3.63) is 36.4 Å². The summed E-state index contributed by atoms with van der Waals surface area (Å²) in [5, 5.41) is 2.81. The van der Waals surface area contributed by atoms with Crippen molar-refractivity contribution in [3.8, 4) is 11.5 Å². The number of hydrogen-bond acceptors (Lipinski definition) is 4. The Balaban J connectivity index is 1.82. The average molecular weight is 276 g/mol. The average Bonchev–Trinajstić information content (AvgIpc) is 2.47. The van der Waals surface area contributed by atoms with Gasteiger partial charge >= 0.3 is 0 Å². The Hall–Kier alpha value is -2.01. The maximum Gasteiger partial charge on any atom is 0.237 e. The minimum atomic E-state index is -0.521. The van der Waals surface area contributed by atoms with Crippen LogP contribution in [0.2, 0.25) is 0 Å². The van der Waals surface area contributed by atoms with Crippen molar-refractivity contribution in [2.24, 2.45) is 5.73 Å². The van der Waals surface area contributed by atoms with Crippen molar-refractivity contribution >= 4 is 5.91 Å². The molecule has 108 valence electrons. The number of nitrogens with two attached hydrogens (primary N) is 1. The molecule has 20 heavy (non-hydrogen) atoms. The molecule has 1 aliphatic rings. The number of fused-ring (bicyclic) bond motifs is 1. The molecule has 0 radical (unpaired) electrons. The van der Waals surface area contributed by atoms with Crippen molar-refractivity contribution in [1.29, 1.82) is 0 Å². The van der Waals surface area contributed by atoms with Gasteiger partial charge in [-0.25, -0.2) is 0 Å². The second-order valence-corrected chi connectivity index (χ2v) is 4.65. The van der Waals surface area contributed by atoms with E-state index in [0.717, 1.165) is 23.5 Å². The molecule has 1 aliphatic heterocycles. The lowest BCUT2D eigenvalue weighted by atomic mass is 10.1. The van der Waals surface area contributed by atoms with Crippen molar-refractivity contribution < 1.29 is 14.3 Å². The second-order valence-electron chi connectivity index (χ2n) is 4.65. The molecule has 0 saturated heterocycles. The molecule has 0 fully saturated rings. The quantitative estimate of drug-likeness (QED) is 0.761. The van der Waals surface area contributed by atoms with Gasteiger partial charge in [0.05, 0.1) is 6.04 Å². The van der Waals surface area contributed by atoms with Crippen LogP contribution in [0.3, 0.4) is 0 Å². The first kappa shape index (κ1) is 14.4. The highest BCUT2D eigenvalue weighted by Crippen LogP contribution is 2.30. The number of carbonyl (C=O) groups excluding carboxylic acids is 1. The van der Waals surface area contributed by atoms with E-state index in [1.54, 1.807) is 6.08 Å². The lowest BCUT2D eigenvalue weighted by Crippen LogP contribution is -2.40. The maximum absolute atomic E-state index is 11.6. The molecule has 1 aromatic rings. The van der Waals surface area contributed by atoms with Crippen LogP contribution in [0.5, 0.6) is 11.5 Å². The molecule has 3 N–H and O–H groups in total. The van der Waals surface area contributed by atoms with E-state index in [4.69, 9.17) is 15.2 Å². The maximum atomic E-state index is 11.6. The van der Waals surface area contributed by atoms with Crippen LogP contribution in [-0.2, 0) is 11.2 Å². The van der Waals surface area contributed by atoms with Crippen LogP contribution >= 0.6 is 0 Å². The van der Waals surface area contributed by atoms with Gasteiger partial charge in [0.25, 0.3) is 0 Å². The number of hydrogen-bond donors (Lipinski definition) is 2. The molecular formula is C15H20N2O3. The number of carbonyl (C=O) groups is 1. The first-order chi connectivity index (χ1) is 9.70. The molecule has 0 saturated carbocycles. The summed E-state index contributed by atoms with van der Waals surface area (Å²) in [4.78, 5) is 11.6. The standard InChI is InChI=1S/C15H20N2O3/c1-2-3-12(16)15(18)17-7-6-11-4-5-13-14(10-11)20-9-8-19-13/h2,4-5,10,12H,1,3,6-9,16H2,(H,17,18). The highest BCUT2D eigenvalue weighted by molar-refractivity contribution is 5.81. The molecule has 1 aromatic carbocycles.